The van der Waals surface area contributed by atoms with Crippen LogP contribution in [0.2, 0.25) is 0 Å². The SMILES string of the molecule is CCCCN(C)c1cc(C(=O)NCc2ccccn2)ncn1. The van der Waals surface area contributed by atoms with Gasteiger partial charge in [0.05, 0.1) is 12.2 Å². The molecule has 0 aromatic carbocycles. The summed E-state index contributed by atoms with van der Waals surface area (Å²) in [4.78, 5) is 26.6. The molecule has 0 fully saturated rings. The van der Waals surface area contributed by atoms with E-state index in [4.69, 9.17) is 0 Å². The summed E-state index contributed by atoms with van der Waals surface area (Å²) >= 11 is 0. The van der Waals surface area contributed by atoms with E-state index in [1.807, 2.05) is 30.1 Å². The maximum Gasteiger partial charge on any atom is 0.270 e. The van der Waals surface area contributed by atoms with Gasteiger partial charge in [0.1, 0.15) is 17.8 Å². The van der Waals surface area contributed by atoms with Crippen LogP contribution in [-0.2, 0) is 6.54 Å². The molecule has 0 aliphatic heterocycles. The first kappa shape index (κ1) is 15.9. The molecule has 2 heterocycles. The molecule has 0 saturated carbocycles. The average molecular weight is 299 g/mol. The van der Waals surface area contributed by atoms with E-state index in [9.17, 15) is 4.79 Å². The van der Waals surface area contributed by atoms with Crippen molar-refractivity contribution in [1.82, 2.24) is 20.3 Å². The minimum absolute atomic E-state index is 0.224. The lowest BCUT2D eigenvalue weighted by atomic mass is 10.3. The summed E-state index contributed by atoms with van der Waals surface area (Å²) in [5.74, 6) is 0.532. The molecule has 0 atom stereocenters. The average Bonchev–Trinajstić information content (AvgIpc) is 2.58. The lowest BCUT2D eigenvalue weighted by Crippen LogP contribution is -2.25. The van der Waals surface area contributed by atoms with E-state index < -0.39 is 0 Å². The lowest BCUT2D eigenvalue weighted by molar-refractivity contribution is 0.0945. The van der Waals surface area contributed by atoms with Crippen molar-refractivity contribution in [3.63, 3.8) is 0 Å². The molecular weight excluding hydrogens is 278 g/mol. The first-order chi connectivity index (χ1) is 10.7. The molecule has 0 aliphatic rings. The van der Waals surface area contributed by atoms with E-state index in [0.29, 0.717) is 12.2 Å². The molecular formula is C16H21N5O. The fourth-order valence-corrected chi connectivity index (χ4v) is 1.95. The minimum Gasteiger partial charge on any atom is -0.360 e. The normalized spacial score (nSPS) is 10.3. The summed E-state index contributed by atoms with van der Waals surface area (Å²) in [7, 11) is 1.97. The van der Waals surface area contributed by atoms with Crippen LogP contribution in [0.3, 0.4) is 0 Å². The number of nitrogens with one attached hydrogen (secondary N) is 1. The molecule has 0 spiro atoms. The van der Waals surface area contributed by atoms with Crippen LogP contribution >= 0.6 is 0 Å². The first-order valence-electron chi connectivity index (χ1n) is 7.42. The molecule has 1 amide bonds. The highest BCUT2D eigenvalue weighted by molar-refractivity contribution is 5.92. The number of aromatic nitrogens is 3. The molecule has 2 rings (SSSR count). The minimum atomic E-state index is -0.224. The maximum absolute atomic E-state index is 12.2. The van der Waals surface area contributed by atoms with Crippen LogP contribution in [0.25, 0.3) is 0 Å². The van der Waals surface area contributed by atoms with Crippen LogP contribution in [0.5, 0.6) is 0 Å². The van der Waals surface area contributed by atoms with Crippen molar-refractivity contribution in [2.45, 2.75) is 26.3 Å². The van der Waals surface area contributed by atoms with Crippen LogP contribution in [0.15, 0.2) is 36.8 Å². The van der Waals surface area contributed by atoms with Crippen LogP contribution in [0.1, 0.15) is 35.9 Å². The van der Waals surface area contributed by atoms with E-state index in [2.05, 4.69) is 27.2 Å². The van der Waals surface area contributed by atoms with Gasteiger partial charge in [0.25, 0.3) is 5.91 Å². The zero-order valence-corrected chi connectivity index (χ0v) is 13.0. The number of hydrogen-bond acceptors (Lipinski definition) is 5. The molecule has 6 heteroatoms. The van der Waals surface area contributed by atoms with Gasteiger partial charge in [-0.15, -0.1) is 0 Å². The summed E-state index contributed by atoms with van der Waals surface area (Å²) in [6.45, 7) is 3.43. The van der Waals surface area contributed by atoms with Crippen LogP contribution in [0, 0.1) is 0 Å². The lowest BCUT2D eigenvalue weighted by Gasteiger charge is -2.17. The molecule has 2 aromatic rings. The Balaban J connectivity index is 1.97. The topological polar surface area (TPSA) is 71.0 Å². The van der Waals surface area contributed by atoms with Crippen molar-refractivity contribution in [3.05, 3.63) is 48.2 Å². The van der Waals surface area contributed by atoms with Crippen molar-refractivity contribution in [3.8, 4) is 0 Å². The third kappa shape index (κ3) is 4.51. The Bertz CT molecular complexity index is 602. The zero-order valence-electron chi connectivity index (χ0n) is 13.0. The maximum atomic E-state index is 12.2. The number of amides is 1. The van der Waals surface area contributed by atoms with Crippen molar-refractivity contribution in [2.75, 3.05) is 18.5 Å². The van der Waals surface area contributed by atoms with Crippen LogP contribution in [-0.4, -0.2) is 34.5 Å². The van der Waals surface area contributed by atoms with Gasteiger partial charge < -0.3 is 10.2 Å². The van der Waals surface area contributed by atoms with Crippen LogP contribution < -0.4 is 10.2 Å². The third-order valence-corrected chi connectivity index (χ3v) is 3.28. The monoisotopic (exact) mass is 299 g/mol. The number of carbonyl (C=O) groups is 1. The molecule has 0 bridgehead atoms. The van der Waals surface area contributed by atoms with Gasteiger partial charge in [-0.05, 0) is 18.6 Å². The van der Waals surface area contributed by atoms with E-state index in [-0.39, 0.29) is 5.91 Å². The van der Waals surface area contributed by atoms with Crippen molar-refractivity contribution in [2.24, 2.45) is 0 Å². The fourth-order valence-electron chi connectivity index (χ4n) is 1.95. The number of unbranched alkanes of at least 4 members (excludes halogenated alkanes) is 1. The predicted octanol–water partition coefficient (Wildman–Crippen LogP) is 2.04. The van der Waals surface area contributed by atoms with Crippen molar-refractivity contribution < 1.29 is 4.79 Å². The predicted molar refractivity (Wildman–Crippen MR) is 85.6 cm³/mol. The Hall–Kier alpha value is -2.50. The number of pyridine rings is 1. The number of carbonyl (C=O) groups excluding carboxylic acids is 1. The molecule has 0 saturated heterocycles. The molecule has 0 unspecified atom stereocenters. The standard InChI is InChI=1S/C16H21N5O/c1-3-4-9-21(2)15-10-14(19-12-20-15)16(22)18-11-13-7-5-6-8-17-13/h5-8,10,12H,3-4,9,11H2,1-2H3,(H,18,22). The second-order valence-electron chi connectivity index (χ2n) is 5.04. The molecule has 2 aromatic heterocycles. The highest BCUT2D eigenvalue weighted by atomic mass is 16.1. The Morgan fingerprint density at radius 2 is 2.14 bits per heavy atom. The van der Waals surface area contributed by atoms with Gasteiger partial charge in [-0.2, -0.15) is 0 Å². The Labute approximate surface area is 130 Å². The van der Waals surface area contributed by atoms with E-state index in [1.165, 1.54) is 6.33 Å². The summed E-state index contributed by atoms with van der Waals surface area (Å²) < 4.78 is 0. The Kier molecular flexibility index (Phi) is 5.82. The highest BCUT2D eigenvalue weighted by Crippen LogP contribution is 2.10. The molecule has 116 valence electrons. The highest BCUT2D eigenvalue weighted by Gasteiger charge is 2.10. The molecule has 0 aliphatic carbocycles. The van der Waals surface area contributed by atoms with Gasteiger partial charge in [-0.1, -0.05) is 19.4 Å². The van der Waals surface area contributed by atoms with Crippen LogP contribution in [0.4, 0.5) is 5.82 Å². The molecule has 1 N–H and O–H groups in total. The van der Waals surface area contributed by atoms with Gasteiger partial charge in [0, 0.05) is 25.9 Å². The number of anilines is 1. The first-order valence-corrected chi connectivity index (χ1v) is 7.42. The number of hydrogen-bond donors (Lipinski definition) is 1. The van der Waals surface area contributed by atoms with E-state index >= 15 is 0 Å². The summed E-state index contributed by atoms with van der Waals surface area (Å²) in [5, 5.41) is 2.81. The summed E-state index contributed by atoms with van der Waals surface area (Å²) in [6, 6.07) is 7.31. The fraction of sp³-hybridized carbons (Fsp3) is 0.375. The summed E-state index contributed by atoms with van der Waals surface area (Å²) in [5.41, 5.74) is 1.18. The summed E-state index contributed by atoms with van der Waals surface area (Å²) in [6.07, 6.45) is 5.33. The Morgan fingerprint density at radius 1 is 1.27 bits per heavy atom. The van der Waals surface area contributed by atoms with Gasteiger partial charge in [0.15, 0.2) is 0 Å². The second kappa shape index (κ2) is 8.07. The smallest absolute Gasteiger partial charge is 0.270 e. The van der Waals surface area contributed by atoms with Gasteiger partial charge in [-0.3, -0.25) is 9.78 Å². The van der Waals surface area contributed by atoms with Gasteiger partial charge >= 0.3 is 0 Å². The van der Waals surface area contributed by atoms with Crippen molar-refractivity contribution >= 4 is 11.7 Å². The van der Waals surface area contributed by atoms with Gasteiger partial charge in [-0.25, -0.2) is 9.97 Å². The molecule has 0 radical (unpaired) electrons. The Morgan fingerprint density at radius 3 is 2.86 bits per heavy atom. The molecule has 6 nitrogen and oxygen atoms in total. The zero-order chi connectivity index (χ0) is 15.8. The quantitative estimate of drug-likeness (QED) is 0.847. The van der Waals surface area contributed by atoms with E-state index in [0.717, 1.165) is 30.9 Å². The molecule has 22 heavy (non-hydrogen) atoms. The van der Waals surface area contributed by atoms with Gasteiger partial charge in [0.2, 0.25) is 0 Å². The largest absolute Gasteiger partial charge is 0.360 e. The second-order valence-corrected chi connectivity index (χ2v) is 5.04. The number of rotatable bonds is 7. The van der Waals surface area contributed by atoms with Crippen molar-refractivity contribution in [1.29, 1.82) is 0 Å². The number of nitrogens with zero attached hydrogens (tertiary/aromatic N) is 4. The third-order valence-electron chi connectivity index (χ3n) is 3.28. The van der Waals surface area contributed by atoms with E-state index in [1.54, 1.807) is 12.3 Å².